The molecule has 2 fully saturated rings. The van der Waals surface area contributed by atoms with Crippen LogP contribution in [0.1, 0.15) is 18.4 Å². The first-order chi connectivity index (χ1) is 12.1. The van der Waals surface area contributed by atoms with Crippen molar-refractivity contribution < 1.29 is 4.52 Å². The quantitative estimate of drug-likeness (QED) is 0.638. The molecular weight excluding hydrogens is 318 g/mol. The van der Waals surface area contributed by atoms with E-state index in [1.807, 2.05) is 12.1 Å². The maximum Gasteiger partial charge on any atom is 0.249 e. The SMILES string of the molecule is CN1CCN(c2ccc(-c3noc([C@@H]4CCN4C(=N)N)n3)cc2)CC1. The first kappa shape index (κ1) is 15.9. The molecule has 132 valence electrons. The summed E-state index contributed by atoms with van der Waals surface area (Å²) < 4.78 is 5.39. The number of hydrogen-bond acceptors (Lipinski definition) is 6. The van der Waals surface area contributed by atoms with Crippen LogP contribution in [-0.2, 0) is 0 Å². The molecule has 0 bridgehead atoms. The van der Waals surface area contributed by atoms with Gasteiger partial charge < -0.3 is 25.0 Å². The molecule has 2 aliphatic heterocycles. The fourth-order valence-corrected chi connectivity index (χ4v) is 3.31. The smallest absolute Gasteiger partial charge is 0.249 e. The summed E-state index contributed by atoms with van der Waals surface area (Å²) in [5, 5.41) is 11.6. The summed E-state index contributed by atoms with van der Waals surface area (Å²) in [6, 6.07) is 8.23. The van der Waals surface area contributed by atoms with Crippen molar-refractivity contribution in [3.05, 3.63) is 30.2 Å². The Kier molecular flexibility index (Phi) is 4.04. The molecule has 2 aromatic rings. The van der Waals surface area contributed by atoms with E-state index in [0.29, 0.717) is 11.7 Å². The fraction of sp³-hybridized carbons (Fsp3) is 0.471. The lowest BCUT2D eigenvalue weighted by molar-refractivity contribution is 0.141. The number of piperazine rings is 1. The van der Waals surface area contributed by atoms with Gasteiger partial charge in [0.2, 0.25) is 11.7 Å². The van der Waals surface area contributed by atoms with E-state index in [1.165, 1.54) is 5.69 Å². The second-order valence-electron chi connectivity index (χ2n) is 6.68. The molecular formula is C17H23N7O. The van der Waals surface area contributed by atoms with Crippen LogP contribution in [0.15, 0.2) is 28.8 Å². The number of aromatic nitrogens is 2. The third-order valence-corrected chi connectivity index (χ3v) is 5.05. The summed E-state index contributed by atoms with van der Waals surface area (Å²) in [5.74, 6) is 1.16. The highest BCUT2D eigenvalue weighted by molar-refractivity contribution is 5.75. The highest BCUT2D eigenvalue weighted by Crippen LogP contribution is 2.32. The van der Waals surface area contributed by atoms with Crippen molar-refractivity contribution in [1.82, 2.24) is 19.9 Å². The number of nitrogens with two attached hydrogens (primary N) is 1. The Morgan fingerprint density at radius 1 is 1.16 bits per heavy atom. The minimum atomic E-state index is -0.0663. The molecule has 3 heterocycles. The average Bonchev–Trinajstić information content (AvgIpc) is 3.03. The molecule has 0 saturated carbocycles. The van der Waals surface area contributed by atoms with Crippen LogP contribution in [0.2, 0.25) is 0 Å². The van der Waals surface area contributed by atoms with Gasteiger partial charge in [-0.1, -0.05) is 5.16 Å². The van der Waals surface area contributed by atoms with Crippen molar-refractivity contribution >= 4 is 11.6 Å². The number of rotatable bonds is 3. The van der Waals surface area contributed by atoms with Crippen LogP contribution in [0.5, 0.6) is 0 Å². The maximum atomic E-state index is 7.54. The van der Waals surface area contributed by atoms with Crippen LogP contribution in [0, 0.1) is 5.41 Å². The topological polar surface area (TPSA) is 98.5 Å². The highest BCUT2D eigenvalue weighted by Gasteiger charge is 2.35. The molecule has 2 aliphatic rings. The van der Waals surface area contributed by atoms with Gasteiger partial charge >= 0.3 is 0 Å². The first-order valence-electron chi connectivity index (χ1n) is 8.60. The van der Waals surface area contributed by atoms with Crippen molar-refractivity contribution in [2.75, 3.05) is 44.7 Å². The number of hydrogen-bond donors (Lipinski definition) is 2. The largest absolute Gasteiger partial charge is 0.370 e. The summed E-state index contributed by atoms with van der Waals surface area (Å²) in [6.07, 6.45) is 0.879. The molecule has 8 heteroatoms. The van der Waals surface area contributed by atoms with E-state index >= 15 is 0 Å². The van der Waals surface area contributed by atoms with E-state index < -0.39 is 0 Å². The van der Waals surface area contributed by atoms with Crippen molar-refractivity contribution in [3.63, 3.8) is 0 Å². The first-order valence-corrected chi connectivity index (χ1v) is 8.60. The standard InChI is InChI=1S/C17H23N7O/c1-22-8-10-23(11-9-22)13-4-2-12(3-5-13)15-20-16(25-21-15)14-6-7-24(14)17(18)19/h2-5,14H,6-11H2,1H3,(H3,18,19)/t14-/m0/s1. The van der Waals surface area contributed by atoms with Crippen LogP contribution in [-0.4, -0.2) is 65.7 Å². The van der Waals surface area contributed by atoms with Gasteiger partial charge in [-0.2, -0.15) is 4.98 Å². The molecule has 2 saturated heterocycles. The molecule has 0 spiro atoms. The highest BCUT2D eigenvalue weighted by atomic mass is 16.5. The van der Waals surface area contributed by atoms with Crippen LogP contribution in [0.4, 0.5) is 5.69 Å². The molecule has 1 atom stereocenters. The number of likely N-dealkylation sites (tertiary alicyclic amines) is 1. The molecule has 0 amide bonds. The zero-order valence-corrected chi connectivity index (χ0v) is 14.4. The lowest BCUT2D eigenvalue weighted by atomic mass is 10.0. The lowest BCUT2D eigenvalue weighted by Gasteiger charge is -2.38. The van der Waals surface area contributed by atoms with E-state index in [1.54, 1.807) is 4.90 Å². The number of nitrogens with zero attached hydrogens (tertiary/aromatic N) is 5. The summed E-state index contributed by atoms with van der Waals surface area (Å²) in [4.78, 5) is 11.0. The molecule has 0 aliphatic carbocycles. The number of likely N-dealkylation sites (N-methyl/N-ethyl adjacent to an activating group) is 1. The van der Waals surface area contributed by atoms with Gasteiger partial charge in [0.25, 0.3) is 0 Å². The van der Waals surface area contributed by atoms with E-state index in [0.717, 1.165) is 44.7 Å². The van der Waals surface area contributed by atoms with Gasteiger partial charge in [-0.3, -0.25) is 5.41 Å². The van der Waals surface area contributed by atoms with E-state index in [4.69, 9.17) is 15.7 Å². The predicted octanol–water partition coefficient (Wildman–Crippen LogP) is 1.13. The van der Waals surface area contributed by atoms with Crippen molar-refractivity contribution in [2.24, 2.45) is 5.73 Å². The Bertz CT molecular complexity index is 749. The Morgan fingerprint density at radius 2 is 1.88 bits per heavy atom. The molecule has 0 unspecified atom stereocenters. The molecule has 3 N–H and O–H groups in total. The number of benzene rings is 1. The second-order valence-corrected chi connectivity index (χ2v) is 6.68. The van der Waals surface area contributed by atoms with Crippen molar-refractivity contribution in [2.45, 2.75) is 12.5 Å². The minimum Gasteiger partial charge on any atom is -0.370 e. The fourth-order valence-electron chi connectivity index (χ4n) is 3.31. The zero-order chi connectivity index (χ0) is 17.4. The van der Waals surface area contributed by atoms with E-state index in [9.17, 15) is 0 Å². The second kappa shape index (κ2) is 6.36. The Morgan fingerprint density at radius 3 is 2.48 bits per heavy atom. The van der Waals surface area contributed by atoms with Gasteiger partial charge in [0, 0.05) is 44.0 Å². The normalized spacial score (nSPS) is 21.2. The van der Waals surface area contributed by atoms with Crippen LogP contribution < -0.4 is 10.6 Å². The van der Waals surface area contributed by atoms with Crippen molar-refractivity contribution in [3.8, 4) is 11.4 Å². The molecule has 8 nitrogen and oxygen atoms in total. The Balaban J connectivity index is 1.47. The van der Waals surface area contributed by atoms with Gasteiger partial charge in [0.05, 0.1) is 0 Å². The maximum absolute atomic E-state index is 7.54. The van der Waals surface area contributed by atoms with Crippen LogP contribution in [0.3, 0.4) is 0 Å². The van der Waals surface area contributed by atoms with E-state index in [2.05, 4.69) is 39.1 Å². The minimum absolute atomic E-state index is 0.0486. The summed E-state index contributed by atoms with van der Waals surface area (Å²) in [7, 11) is 2.16. The van der Waals surface area contributed by atoms with E-state index in [-0.39, 0.29) is 12.0 Å². The predicted molar refractivity (Wildman–Crippen MR) is 95.4 cm³/mol. The number of nitrogens with one attached hydrogen (secondary N) is 1. The summed E-state index contributed by atoms with van der Waals surface area (Å²) in [5.41, 5.74) is 7.71. The van der Waals surface area contributed by atoms with Crippen LogP contribution in [0.25, 0.3) is 11.4 Å². The molecule has 25 heavy (non-hydrogen) atoms. The molecule has 1 aromatic carbocycles. The molecule has 4 rings (SSSR count). The monoisotopic (exact) mass is 341 g/mol. The van der Waals surface area contributed by atoms with Gasteiger partial charge in [-0.25, -0.2) is 0 Å². The Hall–Kier alpha value is -2.61. The van der Waals surface area contributed by atoms with Gasteiger partial charge in [0.15, 0.2) is 5.96 Å². The molecule has 0 radical (unpaired) electrons. The van der Waals surface area contributed by atoms with Gasteiger partial charge in [-0.15, -0.1) is 0 Å². The lowest BCUT2D eigenvalue weighted by Crippen LogP contribution is -2.48. The third kappa shape index (κ3) is 3.05. The summed E-state index contributed by atoms with van der Waals surface area (Å²) >= 11 is 0. The Labute approximate surface area is 146 Å². The average molecular weight is 341 g/mol. The third-order valence-electron chi connectivity index (χ3n) is 5.05. The number of anilines is 1. The van der Waals surface area contributed by atoms with Gasteiger partial charge in [-0.05, 0) is 37.7 Å². The number of guanidine groups is 1. The summed E-state index contributed by atoms with van der Waals surface area (Å²) in [6.45, 7) is 5.03. The zero-order valence-electron chi connectivity index (χ0n) is 14.4. The van der Waals surface area contributed by atoms with Crippen molar-refractivity contribution in [1.29, 1.82) is 5.41 Å². The van der Waals surface area contributed by atoms with Crippen LogP contribution >= 0.6 is 0 Å². The molecule has 1 aromatic heterocycles. The van der Waals surface area contributed by atoms with Gasteiger partial charge in [0.1, 0.15) is 6.04 Å².